The number of rotatable bonds is 3. The van der Waals surface area contributed by atoms with E-state index in [0.717, 1.165) is 0 Å². The third kappa shape index (κ3) is 3.24. The second kappa shape index (κ2) is 6.12. The number of anilines is 1. The van der Waals surface area contributed by atoms with Gasteiger partial charge in [0, 0.05) is 16.1 Å². The molecule has 1 unspecified atom stereocenters. The van der Waals surface area contributed by atoms with Gasteiger partial charge in [-0.2, -0.15) is 0 Å². The number of hydrogen-bond acceptors (Lipinski definition) is 1. The highest BCUT2D eigenvalue weighted by Gasteiger charge is 2.21. The van der Waals surface area contributed by atoms with Crippen LogP contribution >= 0.6 is 23.2 Å². The Labute approximate surface area is 128 Å². The molecule has 1 nitrogen and oxygen atoms in total. The van der Waals surface area contributed by atoms with Gasteiger partial charge in [0.05, 0.1) is 6.04 Å². The lowest BCUT2D eigenvalue weighted by molar-refractivity contribution is 0.457. The first kappa shape index (κ1) is 15.9. The summed E-state index contributed by atoms with van der Waals surface area (Å²) in [5, 5.41) is 3.04. The molecule has 0 aliphatic carbocycles. The Morgan fingerprint density at radius 2 is 1.52 bits per heavy atom. The molecule has 0 saturated heterocycles. The first-order chi connectivity index (χ1) is 9.81. The zero-order valence-electron chi connectivity index (χ0n) is 10.7. The van der Waals surface area contributed by atoms with Crippen LogP contribution in [0.2, 0.25) is 10.0 Å². The van der Waals surface area contributed by atoms with Gasteiger partial charge in [0.15, 0.2) is 23.3 Å². The maximum absolute atomic E-state index is 13.6. The zero-order chi connectivity index (χ0) is 15.7. The van der Waals surface area contributed by atoms with Crippen LogP contribution in [0.4, 0.5) is 23.2 Å². The molecule has 2 rings (SSSR count). The Morgan fingerprint density at radius 1 is 0.952 bits per heavy atom. The van der Waals surface area contributed by atoms with Gasteiger partial charge in [-0.3, -0.25) is 0 Å². The summed E-state index contributed by atoms with van der Waals surface area (Å²) < 4.78 is 53.4. The summed E-state index contributed by atoms with van der Waals surface area (Å²) in [6, 6.07) is 4.00. The van der Waals surface area contributed by atoms with Gasteiger partial charge in [-0.15, -0.1) is 0 Å². The lowest BCUT2D eigenvalue weighted by Crippen LogP contribution is -2.12. The number of benzene rings is 2. The van der Waals surface area contributed by atoms with Gasteiger partial charge in [0.2, 0.25) is 0 Å². The van der Waals surface area contributed by atoms with Crippen molar-refractivity contribution in [1.82, 2.24) is 0 Å². The molecule has 1 N–H and O–H groups in total. The topological polar surface area (TPSA) is 12.0 Å². The molecule has 2 aromatic carbocycles. The molecule has 0 fully saturated rings. The quantitative estimate of drug-likeness (QED) is 0.557. The Kier molecular flexibility index (Phi) is 4.64. The summed E-state index contributed by atoms with van der Waals surface area (Å²) in [6.07, 6.45) is 0. The smallest absolute Gasteiger partial charge is 0.185 e. The van der Waals surface area contributed by atoms with Crippen molar-refractivity contribution in [3.63, 3.8) is 0 Å². The second-order valence-corrected chi connectivity index (χ2v) is 5.22. The summed E-state index contributed by atoms with van der Waals surface area (Å²) in [6.45, 7) is 1.54. The van der Waals surface area contributed by atoms with Crippen LogP contribution in [0.15, 0.2) is 24.3 Å². The molecular formula is C14H9Cl2F4N. The fourth-order valence-corrected chi connectivity index (χ4v) is 2.42. The molecule has 0 heterocycles. The third-order valence-corrected chi connectivity index (χ3v) is 3.46. The Hall–Kier alpha value is -1.46. The van der Waals surface area contributed by atoms with Crippen molar-refractivity contribution in [2.75, 3.05) is 5.32 Å². The fourth-order valence-electron chi connectivity index (χ4n) is 1.85. The van der Waals surface area contributed by atoms with E-state index in [1.807, 2.05) is 0 Å². The monoisotopic (exact) mass is 337 g/mol. The highest BCUT2D eigenvalue weighted by Crippen LogP contribution is 2.31. The van der Waals surface area contributed by atoms with E-state index in [9.17, 15) is 17.6 Å². The van der Waals surface area contributed by atoms with E-state index in [2.05, 4.69) is 5.32 Å². The van der Waals surface area contributed by atoms with E-state index in [-0.39, 0.29) is 11.1 Å². The summed E-state index contributed by atoms with van der Waals surface area (Å²) in [7, 11) is 0. The number of hydrogen-bond donors (Lipinski definition) is 1. The van der Waals surface area contributed by atoms with E-state index in [4.69, 9.17) is 23.2 Å². The summed E-state index contributed by atoms with van der Waals surface area (Å²) >= 11 is 11.7. The zero-order valence-corrected chi connectivity index (χ0v) is 12.2. The van der Waals surface area contributed by atoms with Gasteiger partial charge in [-0.25, -0.2) is 17.6 Å². The molecular weight excluding hydrogens is 329 g/mol. The van der Waals surface area contributed by atoms with Crippen LogP contribution in [0.1, 0.15) is 18.5 Å². The van der Waals surface area contributed by atoms with Crippen molar-refractivity contribution in [1.29, 1.82) is 0 Å². The van der Waals surface area contributed by atoms with Crippen molar-refractivity contribution in [2.45, 2.75) is 13.0 Å². The van der Waals surface area contributed by atoms with Crippen molar-refractivity contribution in [3.05, 3.63) is 63.1 Å². The van der Waals surface area contributed by atoms with Gasteiger partial charge in [-0.1, -0.05) is 29.3 Å². The Morgan fingerprint density at radius 3 is 2.05 bits per heavy atom. The van der Waals surface area contributed by atoms with E-state index >= 15 is 0 Å². The molecule has 0 spiro atoms. The standard InChI is InChI=1S/C14H9Cl2F4N/c1-6(8-3-2-7(15)4-9(8)16)21-14-12(19)10(17)5-11(18)13(14)20/h2-6,21H,1H3. The Balaban J connectivity index is 2.38. The van der Waals surface area contributed by atoms with Crippen molar-refractivity contribution < 1.29 is 17.6 Å². The van der Waals surface area contributed by atoms with Crippen LogP contribution in [-0.4, -0.2) is 0 Å². The minimum atomic E-state index is -1.49. The molecule has 0 saturated carbocycles. The van der Waals surface area contributed by atoms with Gasteiger partial charge >= 0.3 is 0 Å². The molecule has 2 aromatic rings. The highest BCUT2D eigenvalue weighted by atomic mass is 35.5. The molecule has 0 aliphatic heterocycles. The van der Waals surface area contributed by atoms with Crippen molar-refractivity contribution in [3.8, 4) is 0 Å². The predicted octanol–water partition coefficient (Wildman–Crippen LogP) is 5.72. The predicted molar refractivity (Wildman–Crippen MR) is 74.8 cm³/mol. The summed E-state index contributed by atoms with van der Waals surface area (Å²) in [5.41, 5.74) is -0.407. The third-order valence-electron chi connectivity index (χ3n) is 2.90. The lowest BCUT2D eigenvalue weighted by atomic mass is 10.1. The van der Waals surface area contributed by atoms with E-state index in [1.165, 1.54) is 13.0 Å². The SMILES string of the molecule is CC(Nc1c(F)c(F)cc(F)c1F)c1ccc(Cl)cc1Cl. The average Bonchev–Trinajstić information content (AvgIpc) is 2.41. The van der Waals surface area contributed by atoms with E-state index in [1.54, 1.807) is 12.1 Å². The fraction of sp³-hybridized carbons (Fsp3) is 0.143. The molecule has 0 aliphatic rings. The van der Waals surface area contributed by atoms with Gasteiger partial charge in [0.1, 0.15) is 5.69 Å². The van der Waals surface area contributed by atoms with Crippen molar-refractivity contribution >= 4 is 28.9 Å². The summed E-state index contributed by atoms with van der Waals surface area (Å²) in [4.78, 5) is 0. The summed E-state index contributed by atoms with van der Waals surface area (Å²) in [5.74, 6) is -5.95. The minimum absolute atomic E-state index is 0.149. The van der Waals surface area contributed by atoms with Crippen LogP contribution in [0.3, 0.4) is 0 Å². The highest BCUT2D eigenvalue weighted by molar-refractivity contribution is 6.35. The second-order valence-electron chi connectivity index (χ2n) is 4.38. The molecule has 0 amide bonds. The molecule has 0 bridgehead atoms. The maximum atomic E-state index is 13.6. The van der Waals surface area contributed by atoms with Gasteiger partial charge in [-0.05, 0) is 24.6 Å². The van der Waals surface area contributed by atoms with Gasteiger partial charge in [0.25, 0.3) is 0 Å². The van der Waals surface area contributed by atoms with Crippen LogP contribution < -0.4 is 5.32 Å². The molecule has 1 atom stereocenters. The molecule has 112 valence electrons. The number of halogens is 6. The van der Waals surface area contributed by atoms with Crippen LogP contribution in [0, 0.1) is 23.3 Å². The molecule has 0 aromatic heterocycles. The minimum Gasteiger partial charge on any atom is -0.374 e. The number of nitrogens with one attached hydrogen (secondary N) is 1. The first-order valence-electron chi connectivity index (χ1n) is 5.85. The lowest BCUT2D eigenvalue weighted by Gasteiger charge is -2.18. The maximum Gasteiger partial charge on any atom is 0.185 e. The van der Waals surface area contributed by atoms with Crippen molar-refractivity contribution in [2.24, 2.45) is 0 Å². The molecule has 7 heteroatoms. The molecule has 0 radical (unpaired) electrons. The average molecular weight is 338 g/mol. The molecule has 21 heavy (non-hydrogen) atoms. The normalized spacial score (nSPS) is 12.3. The first-order valence-corrected chi connectivity index (χ1v) is 6.61. The Bertz CT molecular complexity index is 665. The van der Waals surface area contributed by atoms with E-state index in [0.29, 0.717) is 10.6 Å². The van der Waals surface area contributed by atoms with Gasteiger partial charge < -0.3 is 5.32 Å². The largest absolute Gasteiger partial charge is 0.374 e. The van der Waals surface area contributed by atoms with Crippen LogP contribution in [0.5, 0.6) is 0 Å². The van der Waals surface area contributed by atoms with E-state index < -0.39 is 35.0 Å². The van der Waals surface area contributed by atoms with Crippen LogP contribution in [0.25, 0.3) is 0 Å². The van der Waals surface area contributed by atoms with Crippen LogP contribution in [-0.2, 0) is 0 Å².